The summed E-state index contributed by atoms with van der Waals surface area (Å²) in [4.78, 5) is 16.6. The van der Waals surface area contributed by atoms with Crippen molar-refractivity contribution in [3.05, 3.63) is 39.7 Å². The van der Waals surface area contributed by atoms with Gasteiger partial charge in [0.1, 0.15) is 5.76 Å². The number of ether oxygens (including phenoxy) is 1. The van der Waals surface area contributed by atoms with Crippen LogP contribution in [0.15, 0.2) is 22.1 Å². The fourth-order valence-corrected chi connectivity index (χ4v) is 2.23. The van der Waals surface area contributed by atoms with Crippen molar-refractivity contribution < 1.29 is 13.9 Å². The Kier molecular flexibility index (Phi) is 4.11. The smallest absolute Gasteiger partial charge is 0.373 e. The average Bonchev–Trinajstić information content (AvgIpc) is 2.99. The number of hydrogen-bond acceptors (Lipinski definition) is 6. The molecule has 0 aliphatic carbocycles. The summed E-state index contributed by atoms with van der Waals surface area (Å²) in [6.45, 7) is 3.29. The highest BCUT2D eigenvalue weighted by Crippen LogP contribution is 2.12. The second-order valence-electron chi connectivity index (χ2n) is 3.72. The molecule has 0 amide bonds. The number of thiazole rings is 1. The maximum atomic E-state index is 11.2. The van der Waals surface area contributed by atoms with Gasteiger partial charge in [0.15, 0.2) is 0 Å². The number of aryl methyl sites for hydroxylation is 1. The van der Waals surface area contributed by atoms with Crippen LogP contribution in [-0.2, 0) is 17.8 Å². The van der Waals surface area contributed by atoms with E-state index in [0.29, 0.717) is 12.3 Å². The van der Waals surface area contributed by atoms with E-state index in [9.17, 15) is 4.79 Å². The van der Waals surface area contributed by atoms with Crippen molar-refractivity contribution in [1.82, 2.24) is 10.3 Å². The summed E-state index contributed by atoms with van der Waals surface area (Å²) in [5.74, 6) is 0.473. The summed E-state index contributed by atoms with van der Waals surface area (Å²) < 4.78 is 9.91. The number of aromatic nitrogens is 1. The van der Waals surface area contributed by atoms with Gasteiger partial charge in [-0.25, -0.2) is 9.78 Å². The molecule has 0 spiro atoms. The van der Waals surface area contributed by atoms with E-state index < -0.39 is 5.97 Å². The number of rotatable bonds is 5. The molecule has 2 aromatic rings. The molecule has 0 bridgehead atoms. The van der Waals surface area contributed by atoms with Gasteiger partial charge in [-0.15, -0.1) is 11.3 Å². The third kappa shape index (κ3) is 2.96. The largest absolute Gasteiger partial charge is 0.463 e. The van der Waals surface area contributed by atoms with Crippen LogP contribution >= 0.6 is 11.3 Å². The molecule has 5 nitrogen and oxygen atoms in total. The van der Waals surface area contributed by atoms with Crippen LogP contribution in [0.3, 0.4) is 0 Å². The Morgan fingerprint density at radius 1 is 1.50 bits per heavy atom. The van der Waals surface area contributed by atoms with E-state index in [1.54, 1.807) is 23.5 Å². The lowest BCUT2D eigenvalue weighted by atomic mass is 10.3. The van der Waals surface area contributed by atoms with Gasteiger partial charge in [-0.2, -0.15) is 0 Å². The average molecular weight is 266 g/mol. The zero-order chi connectivity index (χ0) is 13.0. The monoisotopic (exact) mass is 266 g/mol. The second kappa shape index (κ2) is 5.79. The van der Waals surface area contributed by atoms with Crippen LogP contribution < -0.4 is 5.32 Å². The van der Waals surface area contributed by atoms with Gasteiger partial charge in [-0.1, -0.05) is 0 Å². The first kappa shape index (κ1) is 12.8. The van der Waals surface area contributed by atoms with Crippen LogP contribution in [-0.4, -0.2) is 18.1 Å². The van der Waals surface area contributed by atoms with Gasteiger partial charge in [0.2, 0.25) is 5.76 Å². The lowest BCUT2D eigenvalue weighted by Crippen LogP contribution is -2.12. The highest BCUT2D eigenvalue weighted by atomic mass is 32.1. The van der Waals surface area contributed by atoms with E-state index in [0.717, 1.165) is 12.2 Å². The summed E-state index contributed by atoms with van der Waals surface area (Å²) in [6, 6.07) is 3.37. The van der Waals surface area contributed by atoms with Gasteiger partial charge in [0, 0.05) is 11.4 Å². The summed E-state index contributed by atoms with van der Waals surface area (Å²) in [5, 5.41) is 3.24. The Morgan fingerprint density at radius 3 is 3.00 bits per heavy atom. The van der Waals surface area contributed by atoms with Crippen molar-refractivity contribution in [2.45, 2.75) is 20.0 Å². The molecule has 0 unspecified atom stereocenters. The first-order valence-electron chi connectivity index (χ1n) is 5.47. The molecule has 6 heteroatoms. The van der Waals surface area contributed by atoms with Crippen LogP contribution in [0.2, 0.25) is 0 Å². The molecule has 96 valence electrons. The minimum absolute atomic E-state index is 0.225. The molecule has 0 fully saturated rings. The Hall–Kier alpha value is -1.66. The van der Waals surface area contributed by atoms with Crippen molar-refractivity contribution in [2.75, 3.05) is 7.11 Å². The van der Waals surface area contributed by atoms with Gasteiger partial charge in [-0.05, 0) is 19.1 Å². The number of methoxy groups -OCH3 is 1. The molecular formula is C12H14N2O3S. The van der Waals surface area contributed by atoms with E-state index in [1.165, 1.54) is 12.0 Å². The second-order valence-corrected chi connectivity index (χ2v) is 4.66. The standard InChI is InChI=1S/C12H14N2O3S/c1-8-11(18-7-14-8)6-13-5-9-3-4-10(17-9)12(15)16-2/h3-4,7,13H,5-6H2,1-2H3. The zero-order valence-corrected chi connectivity index (χ0v) is 11.0. The third-order valence-corrected chi connectivity index (χ3v) is 3.41. The Bertz CT molecular complexity index is 533. The topological polar surface area (TPSA) is 64.4 Å². The van der Waals surface area contributed by atoms with Crippen molar-refractivity contribution in [3.63, 3.8) is 0 Å². The molecule has 0 radical (unpaired) electrons. The molecule has 2 rings (SSSR count). The maximum Gasteiger partial charge on any atom is 0.373 e. The Morgan fingerprint density at radius 2 is 2.33 bits per heavy atom. The molecule has 0 aliphatic heterocycles. The van der Waals surface area contributed by atoms with E-state index in [2.05, 4.69) is 15.0 Å². The predicted molar refractivity (Wildman–Crippen MR) is 67.4 cm³/mol. The molecule has 0 saturated carbocycles. The van der Waals surface area contributed by atoms with Gasteiger partial charge in [-0.3, -0.25) is 0 Å². The quantitative estimate of drug-likeness (QED) is 0.840. The van der Waals surface area contributed by atoms with Crippen molar-refractivity contribution in [3.8, 4) is 0 Å². The fourth-order valence-electron chi connectivity index (χ4n) is 1.48. The molecule has 2 aromatic heterocycles. The molecule has 0 aromatic carbocycles. The van der Waals surface area contributed by atoms with Gasteiger partial charge in [0.25, 0.3) is 0 Å². The number of nitrogens with zero attached hydrogens (tertiary/aromatic N) is 1. The summed E-state index contributed by atoms with van der Waals surface area (Å²) >= 11 is 1.62. The Balaban J connectivity index is 1.85. The van der Waals surface area contributed by atoms with Crippen molar-refractivity contribution in [1.29, 1.82) is 0 Å². The van der Waals surface area contributed by atoms with Crippen LogP contribution in [0, 0.1) is 6.92 Å². The fraction of sp³-hybridized carbons (Fsp3) is 0.333. The van der Waals surface area contributed by atoms with E-state index in [-0.39, 0.29) is 5.76 Å². The molecule has 18 heavy (non-hydrogen) atoms. The normalized spacial score (nSPS) is 10.6. The number of hydrogen-bond donors (Lipinski definition) is 1. The maximum absolute atomic E-state index is 11.2. The number of carbonyl (C=O) groups excluding carboxylic acids is 1. The molecule has 2 heterocycles. The van der Waals surface area contributed by atoms with Gasteiger partial charge in [0.05, 0.1) is 24.9 Å². The molecular weight excluding hydrogens is 252 g/mol. The SMILES string of the molecule is COC(=O)c1ccc(CNCc2scnc2C)o1. The van der Waals surface area contributed by atoms with Gasteiger partial charge < -0.3 is 14.5 Å². The highest BCUT2D eigenvalue weighted by molar-refractivity contribution is 7.09. The highest BCUT2D eigenvalue weighted by Gasteiger charge is 2.10. The van der Waals surface area contributed by atoms with Crippen molar-refractivity contribution in [2.24, 2.45) is 0 Å². The number of nitrogens with one attached hydrogen (secondary N) is 1. The van der Waals surface area contributed by atoms with E-state index in [1.807, 2.05) is 12.4 Å². The minimum Gasteiger partial charge on any atom is -0.463 e. The lowest BCUT2D eigenvalue weighted by molar-refractivity contribution is 0.0563. The molecule has 0 aliphatic rings. The first-order valence-corrected chi connectivity index (χ1v) is 6.35. The van der Waals surface area contributed by atoms with Crippen LogP contribution in [0.4, 0.5) is 0 Å². The number of carbonyl (C=O) groups is 1. The van der Waals surface area contributed by atoms with E-state index >= 15 is 0 Å². The molecule has 0 saturated heterocycles. The van der Waals surface area contributed by atoms with Crippen molar-refractivity contribution >= 4 is 17.3 Å². The summed E-state index contributed by atoms with van der Waals surface area (Å²) in [6.07, 6.45) is 0. The van der Waals surface area contributed by atoms with Crippen LogP contribution in [0.5, 0.6) is 0 Å². The summed E-state index contributed by atoms with van der Waals surface area (Å²) in [7, 11) is 1.33. The van der Waals surface area contributed by atoms with Crippen LogP contribution in [0.25, 0.3) is 0 Å². The lowest BCUT2D eigenvalue weighted by Gasteiger charge is -2.01. The van der Waals surface area contributed by atoms with Gasteiger partial charge >= 0.3 is 5.97 Å². The minimum atomic E-state index is -0.459. The predicted octanol–water partition coefficient (Wildman–Crippen LogP) is 2.12. The summed E-state index contributed by atoms with van der Waals surface area (Å²) in [5.41, 5.74) is 2.87. The molecule has 1 N–H and O–H groups in total. The number of furan rings is 1. The number of esters is 1. The van der Waals surface area contributed by atoms with E-state index in [4.69, 9.17) is 4.42 Å². The Labute approximate surface area is 109 Å². The third-order valence-electron chi connectivity index (χ3n) is 2.48. The first-order chi connectivity index (χ1) is 8.70. The molecule has 0 atom stereocenters. The zero-order valence-electron chi connectivity index (χ0n) is 10.2. The van der Waals surface area contributed by atoms with Crippen LogP contribution in [0.1, 0.15) is 26.9 Å².